The van der Waals surface area contributed by atoms with E-state index in [0.29, 0.717) is 29.5 Å². The highest BCUT2D eigenvalue weighted by molar-refractivity contribution is 6.30. The fourth-order valence-corrected chi connectivity index (χ4v) is 4.56. The third-order valence-corrected chi connectivity index (χ3v) is 6.59. The van der Waals surface area contributed by atoms with E-state index in [1.807, 2.05) is 83.8 Å². The molecule has 1 aliphatic rings. The van der Waals surface area contributed by atoms with Crippen molar-refractivity contribution in [1.82, 2.24) is 14.7 Å². The van der Waals surface area contributed by atoms with Gasteiger partial charge in [0, 0.05) is 42.5 Å². The molecule has 8 heteroatoms. The molecule has 0 N–H and O–H groups in total. The first kappa shape index (κ1) is 23.8. The zero-order valence-corrected chi connectivity index (χ0v) is 21.0. The number of hydrogen-bond donors (Lipinski definition) is 0. The van der Waals surface area contributed by atoms with Crippen LogP contribution in [0.2, 0.25) is 5.02 Å². The summed E-state index contributed by atoms with van der Waals surface area (Å²) in [6.07, 6.45) is 0. The average Bonchev–Trinajstić information content (AvgIpc) is 3.38. The highest BCUT2D eigenvalue weighted by Gasteiger charge is 2.26. The summed E-state index contributed by atoms with van der Waals surface area (Å²) in [7, 11) is 3.26. The van der Waals surface area contributed by atoms with Crippen LogP contribution in [0.25, 0.3) is 16.9 Å². The Labute approximate surface area is 215 Å². The number of nitrogens with zero attached hydrogens (tertiary/aromatic N) is 4. The van der Waals surface area contributed by atoms with Crippen LogP contribution in [-0.2, 0) is 0 Å². The van der Waals surface area contributed by atoms with Crippen molar-refractivity contribution in [2.75, 3.05) is 45.3 Å². The molecule has 0 atom stereocenters. The molecule has 4 aromatic rings. The lowest BCUT2D eigenvalue weighted by atomic mass is 10.1. The fourth-order valence-electron chi connectivity index (χ4n) is 4.38. The number of methoxy groups -OCH3 is 2. The van der Waals surface area contributed by atoms with Crippen molar-refractivity contribution in [3.63, 3.8) is 0 Å². The van der Waals surface area contributed by atoms with E-state index in [9.17, 15) is 4.79 Å². The second-order valence-electron chi connectivity index (χ2n) is 8.52. The van der Waals surface area contributed by atoms with Crippen molar-refractivity contribution < 1.29 is 14.3 Å². The molecule has 0 aliphatic carbocycles. The van der Waals surface area contributed by atoms with Gasteiger partial charge in [0.2, 0.25) is 0 Å². The number of amides is 1. The van der Waals surface area contributed by atoms with E-state index >= 15 is 0 Å². The van der Waals surface area contributed by atoms with Crippen molar-refractivity contribution in [2.45, 2.75) is 0 Å². The van der Waals surface area contributed by atoms with E-state index in [1.54, 1.807) is 18.9 Å². The van der Waals surface area contributed by atoms with E-state index in [2.05, 4.69) is 4.90 Å². The standard InChI is InChI=1S/C28H27ClN4O3/c1-35-24-11-9-22(10-12-24)33-27(19-26(30-33)20-5-3-8-25(17-20)36-2)28(34)32-15-13-31(14-16-32)23-7-4-6-21(29)18-23/h3-12,17-19H,13-16H2,1-2H3. The number of carbonyl (C=O) groups is 1. The molecule has 1 amide bonds. The molecule has 0 bridgehead atoms. The highest BCUT2D eigenvalue weighted by Crippen LogP contribution is 2.27. The molecule has 0 unspecified atom stereocenters. The Hall–Kier alpha value is -3.97. The monoisotopic (exact) mass is 502 g/mol. The van der Waals surface area contributed by atoms with E-state index in [-0.39, 0.29) is 5.91 Å². The molecule has 2 heterocycles. The number of ether oxygens (including phenoxy) is 2. The minimum atomic E-state index is -0.0572. The van der Waals surface area contributed by atoms with Gasteiger partial charge >= 0.3 is 0 Å². The van der Waals surface area contributed by atoms with Crippen LogP contribution in [0.3, 0.4) is 0 Å². The summed E-state index contributed by atoms with van der Waals surface area (Å²) in [6.45, 7) is 2.66. The molecule has 1 aliphatic heterocycles. The third kappa shape index (κ3) is 4.88. The minimum absolute atomic E-state index is 0.0572. The normalized spacial score (nSPS) is 13.5. The first-order valence-electron chi connectivity index (χ1n) is 11.7. The number of piperazine rings is 1. The van der Waals surface area contributed by atoms with Crippen molar-refractivity contribution in [2.24, 2.45) is 0 Å². The maximum absolute atomic E-state index is 13.8. The summed E-state index contributed by atoms with van der Waals surface area (Å²) in [5.41, 5.74) is 3.94. The molecule has 0 saturated carbocycles. The molecule has 1 fully saturated rings. The summed E-state index contributed by atoms with van der Waals surface area (Å²) in [5.74, 6) is 1.42. The van der Waals surface area contributed by atoms with Gasteiger partial charge in [0.05, 0.1) is 25.6 Å². The number of benzene rings is 3. The van der Waals surface area contributed by atoms with Crippen LogP contribution in [0.5, 0.6) is 11.5 Å². The Bertz CT molecular complexity index is 1360. The summed E-state index contributed by atoms with van der Waals surface area (Å²) in [6, 6.07) is 24.9. The van der Waals surface area contributed by atoms with Gasteiger partial charge in [0.25, 0.3) is 5.91 Å². The lowest BCUT2D eigenvalue weighted by molar-refractivity contribution is 0.0737. The Morgan fingerprint density at radius 3 is 2.22 bits per heavy atom. The average molecular weight is 503 g/mol. The molecular formula is C28H27ClN4O3. The summed E-state index contributed by atoms with van der Waals surface area (Å²) < 4.78 is 12.4. The molecule has 1 saturated heterocycles. The summed E-state index contributed by atoms with van der Waals surface area (Å²) in [5, 5.41) is 5.53. The lowest BCUT2D eigenvalue weighted by Gasteiger charge is -2.36. The molecule has 3 aromatic carbocycles. The number of hydrogen-bond acceptors (Lipinski definition) is 5. The van der Waals surface area contributed by atoms with Gasteiger partial charge in [0.15, 0.2) is 0 Å². The van der Waals surface area contributed by atoms with Gasteiger partial charge in [-0.05, 0) is 60.7 Å². The number of aromatic nitrogens is 2. The molecule has 5 rings (SSSR count). The Balaban J connectivity index is 1.44. The summed E-state index contributed by atoms with van der Waals surface area (Å²) in [4.78, 5) is 17.9. The predicted octanol–water partition coefficient (Wildman–Crippen LogP) is 5.17. The van der Waals surface area contributed by atoms with E-state index < -0.39 is 0 Å². The fraction of sp³-hybridized carbons (Fsp3) is 0.214. The Kier molecular flexibility index (Phi) is 6.82. The van der Waals surface area contributed by atoms with Crippen LogP contribution in [0.15, 0.2) is 78.9 Å². The van der Waals surface area contributed by atoms with Gasteiger partial charge in [-0.25, -0.2) is 4.68 Å². The molecule has 0 radical (unpaired) electrons. The largest absolute Gasteiger partial charge is 0.497 e. The van der Waals surface area contributed by atoms with Crippen molar-refractivity contribution >= 4 is 23.2 Å². The maximum atomic E-state index is 13.8. The van der Waals surface area contributed by atoms with Gasteiger partial charge < -0.3 is 19.3 Å². The highest BCUT2D eigenvalue weighted by atomic mass is 35.5. The predicted molar refractivity (Wildman–Crippen MR) is 142 cm³/mol. The first-order valence-corrected chi connectivity index (χ1v) is 12.1. The van der Waals surface area contributed by atoms with Gasteiger partial charge in [-0.2, -0.15) is 5.10 Å². The van der Waals surface area contributed by atoms with Crippen LogP contribution in [0.4, 0.5) is 5.69 Å². The van der Waals surface area contributed by atoms with Crippen molar-refractivity contribution in [3.05, 3.63) is 89.6 Å². The lowest BCUT2D eigenvalue weighted by Crippen LogP contribution is -2.49. The molecular weight excluding hydrogens is 476 g/mol. The number of carbonyl (C=O) groups excluding carboxylic acids is 1. The SMILES string of the molecule is COc1ccc(-n2nc(-c3cccc(OC)c3)cc2C(=O)N2CCN(c3cccc(Cl)c3)CC2)cc1. The van der Waals surface area contributed by atoms with Gasteiger partial charge in [-0.1, -0.05) is 29.8 Å². The van der Waals surface area contributed by atoms with E-state index in [1.165, 1.54) is 0 Å². The number of halogens is 1. The zero-order valence-electron chi connectivity index (χ0n) is 20.2. The number of anilines is 1. The zero-order chi connectivity index (χ0) is 25.1. The second kappa shape index (κ2) is 10.3. The van der Waals surface area contributed by atoms with E-state index in [4.69, 9.17) is 26.2 Å². The van der Waals surface area contributed by atoms with Crippen molar-refractivity contribution in [1.29, 1.82) is 0 Å². The second-order valence-corrected chi connectivity index (χ2v) is 8.95. The molecule has 184 valence electrons. The van der Waals surface area contributed by atoms with Crippen LogP contribution in [0.1, 0.15) is 10.5 Å². The Morgan fingerprint density at radius 2 is 1.53 bits per heavy atom. The molecule has 1 aromatic heterocycles. The quantitative estimate of drug-likeness (QED) is 0.364. The first-order chi connectivity index (χ1) is 17.6. The van der Waals surface area contributed by atoms with Crippen LogP contribution in [-0.4, -0.2) is 61.0 Å². The Morgan fingerprint density at radius 1 is 0.806 bits per heavy atom. The molecule has 7 nitrogen and oxygen atoms in total. The third-order valence-electron chi connectivity index (χ3n) is 6.35. The minimum Gasteiger partial charge on any atom is -0.497 e. The molecule has 36 heavy (non-hydrogen) atoms. The van der Waals surface area contributed by atoms with Crippen LogP contribution >= 0.6 is 11.6 Å². The van der Waals surface area contributed by atoms with E-state index in [0.717, 1.165) is 41.5 Å². The van der Waals surface area contributed by atoms with Gasteiger partial charge in [0.1, 0.15) is 17.2 Å². The number of rotatable bonds is 6. The van der Waals surface area contributed by atoms with Crippen molar-refractivity contribution in [3.8, 4) is 28.4 Å². The maximum Gasteiger partial charge on any atom is 0.272 e. The van der Waals surface area contributed by atoms with Crippen LogP contribution in [0, 0.1) is 0 Å². The van der Waals surface area contributed by atoms with Gasteiger partial charge in [-0.3, -0.25) is 4.79 Å². The smallest absolute Gasteiger partial charge is 0.272 e. The topological polar surface area (TPSA) is 59.8 Å². The summed E-state index contributed by atoms with van der Waals surface area (Å²) >= 11 is 6.17. The molecule has 0 spiro atoms. The van der Waals surface area contributed by atoms with Crippen LogP contribution < -0.4 is 14.4 Å². The van der Waals surface area contributed by atoms with Gasteiger partial charge in [-0.15, -0.1) is 0 Å².